The van der Waals surface area contributed by atoms with Gasteiger partial charge in [0.1, 0.15) is 5.76 Å². The van der Waals surface area contributed by atoms with Crippen LogP contribution in [0.3, 0.4) is 0 Å². The topological polar surface area (TPSA) is 28.4 Å². The van der Waals surface area contributed by atoms with Crippen molar-refractivity contribution in [2.24, 2.45) is 0 Å². The normalized spacial score (nSPS) is 20.8. The first-order valence-electron chi connectivity index (χ1n) is 6.36. The van der Waals surface area contributed by atoms with E-state index >= 15 is 0 Å². The molecule has 0 radical (unpaired) electrons. The van der Waals surface area contributed by atoms with E-state index in [9.17, 15) is 0 Å². The first-order chi connectivity index (χ1) is 7.88. The maximum atomic E-state index is 5.41. The van der Waals surface area contributed by atoms with Crippen LogP contribution in [0.25, 0.3) is 0 Å². The summed E-state index contributed by atoms with van der Waals surface area (Å²) in [4.78, 5) is 2.49. The summed E-state index contributed by atoms with van der Waals surface area (Å²) < 4.78 is 5.41. The first-order valence-corrected chi connectivity index (χ1v) is 6.36. The summed E-state index contributed by atoms with van der Waals surface area (Å²) >= 11 is 0. The number of hydrogen-bond donors (Lipinski definition) is 1. The number of rotatable bonds is 6. The highest BCUT2D eigenvalue weighted by atomic mass is 16.3. The van der Waals surface area contributed by atoms with Crippen LogP contribution in [0.1, 0.15) is 31.9 Å². The molecule has 2 heterocycles. The van der Waals surface area contributed by atoms with Gasteiger partial charge in [-0.2, -0.15) is 0 Å². The lowest BCUT2D eigenvalue weighted by molar-refractivity contribution is 0.223. The molecule has 1 atom stereocenters. The van der Waals surface area contributed by atoms with Crippen molar-refractivity contribution in [1.29, 1.82) is 0 Å². The van der Waals surface area contributed by atoms with Crippen LogP contribution in [0, 0.1) is 0 Å². The van der Waals surface area contributed by atoms with Crippen molar-refractivity contribution in [2.45, 2.75) is 38.8 Å². The minimum absolute atomic E-state index is 0.682. The van der Waals surface area contributed by atoms with Gasteiger partial charge in [0.15, 0.2) is 0 Å². The first kappa shape index (κ1) is 11.7. The van der Waals surface area contributed by atoms with E-state index in [0.29, 0.717) is 6.04 Å². The lowest BCUT2D eigenvalue weighted by Crippen LogP contribution is -2.37. The average molecular weight is 222 g/mol. The van der Waals surface area contributed by atoms with Crippen molar-refractivity contribution >= 4 is 0 Å². The van der Waals surface area contributed by atoms with E-state index in [1.165, 1.54) is 25.8 Å². The maximum Gasteiger partial charge on any atom is 0.117 e. The highest BCUT2D eigenvalue weighted by Gasteiger charge is 2.17. The smallest absolute Gasteiger partial charge is 0.117 e. The lowest BCUT2D eigenvalue weighted by atomic mass is 10.2. The predicted molar refractivity (Wildman–Crippen MR) is 65.3 cm³/mol. The Bertz CT molecular complexity index is 278. The second-order valence-corrected chi connectivity index (χ2v) is 4.61. The molecule has 2 rings (SSSR count). The largest absolute Gasteiger partial charge is 0.468 e. The Morgan fingerprint density at radius 1 is 1.56 bits per heavy atom. The highest BCUT2D eigenvalue weighted by molar-refractivity contribution is 4.98. The molecule has 3 nitrogen and oxygen atoms in total. The van der Waals surface area contributed by atoms with Gasteiger partial charge in [0.2, 0.25) is 0 Å². The molecule has 1 aliphatic rings. The van der Waals surface area contributed by atoms with Crippen LogP contribution in [0.2, 0.25) is 0 Å². The van der Waals surface area contributed by atoms with E-state index in [4.69, 9.17) is 4.42 Å². The summed E-state index contributed by atoms with van der Waals surface area (Å²) in [5.41, 5.74) is 0. The average Bonchev–Trinajstić information content (AvgIpc) is 2.91. The molecule has 0 aromatic carbocycles. The van der Waals surface area contributed by atoms with Gasteiger partial charge in [-0.3, -0.25) is 4.90 Å². The molecule has 1 aromatic heterocycles. The summed E-state index contributed by atoms with van der Waals surface area (Å²) in [6, 6.07) is 4.71. The second kappa shape index (κ2) is 6.06. The van der Waals surface area contributed by atoms with E-state index in [-0.39, 0.29) is 0 Å². The van der Waals surface area contributed by atoms with Crippen molar-refractivity contribution in [3.63, 3.8) is 0 Å². The van der Waals surface area contributed by atoms with E-state index in [1.54, 1.807) is 6.26 Å². The third kappa shape index (κ3) is 3.35. The van der Waals surface area contributed by atoms with Gasteiger partial charge in [0.25, 0.3) is 0 Å². The third-order valence-electron chi connectivity index (χ3n) is 3.14. The van der Waals surface area contributed by atoms with Crippen LogP contribution < -0.4 is 5.32 Å². The van der Waals surface area contributed by atoms with Crippen molar-refractivity contribution in [2.75, 3.05) is 19.6 Å². The number of hydrogen-bond acceptors (Lipinski definition) is 3. The Hall–Kier alpha value is -0.800. The molecule has 1 aliphatic heterocycles. The summed E-state index contributed by atoms with van der Waals surface area (Å²) in [6.45, 7) is 6.66. The van der Waals surface area contributed by atoms with Gasteiger partial charge in [-0.05, 0) is 44.5 Å². The number of nitrogens with zero attached hydrogens (tertiary/aromatic N) is 1. The fourth-order valence-electron chi connectivity index (χ4n) is 2.40. The molecular formula is C13H22N2O. The van der Waals surface area contributed by atoms with Crippen molar-refractivity contribution in [1.82, 2.24) is 10.2 Å². The zero-order chi connectivity index (χ0) is 11.2. The minimum Gasteiger partial charge on any atom is -0.468 e. The predicted octanol–water partition coefficient (Wildman–Crippen LogP) is 2.24. The zero-order valence-electron chi connectivity index (χ0n) is 10.1. The van der Waals surface area contributed by atoms with Gasteiger partial charge >= 0.3 is 0 Å². The second-order valence-electron chi connectivity index (χ2n) is 4.61. The third-order valence-corrected chi connectivity index (χ3v) is 3.14. The van der Waals surface area contributed by atoms with Crippen LogP contribution >= 0.6 is 0 Å². The zero-order valence-corrected chi connectivity index (χ0v) is 10.1. The van der Waals surface area contributed by atoms with E-state index in [2.05, 4.69) is 23.2 Å². The molecule has 0 spiro atoms. The Morgan fingerprint density at radius 2 is 2.50 bits per heavy atom. The molecule has 0 amide bonds. The lowest BCUT2D eigenvalue weighted by Gasteiger charge is -2.24. The Morgan fingerprint density at radius 3 is 3.12 bits per heavy atom. The van der Waals surface area contributed by atoms with Crippen molar-refractivity contribution in [3.8, 4) is 0 Å². The van der Waals surface area contributed by atoms with E-state index < -0.39 is 0 Å². The van der Waals surface area contributed by atoms with E-state index in [1.807, 2.05) is 6.07 Å². The van der Waals surface area contributed by atoms with Crippen molar-refractivity contribution in [3.05, 3.63) is 24.2 Å². The van der Waals surface area contributed by atoms with E-state index in [0.717, 1.165) is 25.4 Å². The molecule has 0 saturated carbocycles. The number of furan rings is 1. The molecule has 3 heteroatoms. The minimum atomic E-state index is 0.682. The van der Waals surface area contributed by atoms with Gasteiger partial charge in [0, 0.05) is 12.6 Å². The SMILES string of the molecule is CCCN(Cc1ccco1)C[C@H]1CCCN1. The Labute approximate surface area is 97.8 Å². The molecule has 16 heavy (non-hydrogen) atoms. The Kier molecular flexibility index (Phi) is 4.43. The van der Waals surface area contributed by atoms with Crippen molar-refractivity contribution < 1.29 is 4.42 Å². The molecule has 0 bridgehead atoms. The fraction of sp³-hybridized carbons (Fsp3) is 0.692. The van der Waals surface area contributed by atoms with Gasteiger partial charge in [0.05, 0.1) is 12.8 Å². The molecule has 1 N–H and O–H groups in total. The molecule has 0 unspecified atom stereocenters. The van der Waals surface area contributed by atoms with Crippen LogP contribution in [0.5, 0.6) is 0 Å². The summed E-state index contributed by atoms with van der Waals surface area (Å²) in [6.07, 6.45) is 5.60. The molecule has 1 aromatic rings. The Balaban J connectivity index is 1.83. The monoisotopic (exact) mass is 222 g/mol. The van der Waals surface area contributed by atoms with Crippen LogP contribution in [-0.4, -0.2) is 30.6 Å². The van der Waals surface area contributed by atoms with Gasteiger partial charge < -0.3 is 9.73 Å². The molecule has 1 saturated heterocycles. The van der Waals surface area contributed by atoms with Gasteiger partial charge in [-0.15, -0.1) is 0 Å². The fourth-order valence-corrected chi connectivity index (χ4v) is 2.40. The summed E-state index contributed by atoms with van der Waals surface area (Å²) in [5, 5.41) is 3.55. The summed E-state index contributed by atoms with van der Waals surface area (Å²) in [7, 11) is 0. The molecule has 1 fully saturated rings. The molecular weight excluding hydrogens is 200 g/mol. The molecule has 0 aliphatic carbocycles. The van der Waals surface area contributed by atoms with Crippen LogP contribution in [0.15, 0.2) is 22.8 Å². The number of nitrogens with one attached hydrogen (secondary N) is 1. The van der Waals surface area contributed by atoms with Crippen LogP contribution in [0.4, 0.5) is 0 Å². The van der Waals surface area contributed by atoms with Crippen LogP contribution in [-0.2, 0) is 6.54 Å². The van der Waals surface area contributed by atoms with Gasteiger partial charge in [-0.1, -0.05) is 6.92 Å². The molecule has 90 valence electrons. The highest BCUT2D eigenvalue weighted by Crippen LogP contribution is 2.11. The summed E-state index contributed by atoms with van der Waals surface area (Å²) in [5.74, 6) is 1.08. The van der Waals surface area contributed by atoms with Gasteiger partial charge in [-0.25, -0.2) is 0 Å². The maximum absolute atomic E-state index is 5.41. The standard InChI is InChI=1S/C13H22N2O/c1-2-8-15(10-12-5-3-7-14-12)11-13-6-4-9-16-13/h4,6,9,12,14H,2-3,5,7-8,10-11H2,1H3/t12-/m1/s1. The quantitative estimate of drug-likeness (QED) is 0.800.